The highest BCUT2D eigenvalue weighted by Crippen LogP contribution is 2.25. The molecule has 0 radical (unpaired) electrons. The summed E-state index contributed by atoms with van der Waals surface area (Å²) in [7, 11) is 1.71. The van der Waals surface area contributed by atoms with Crippen LogP contribution in [0.2, 0.25) is 0 Å². The number of hydrogen-bond donors (Lipinski definition) is 2. The number of hydrogen-bond acceptors (Lipinski definition) is 5. The second kappa shape index (κ2) is 9.05. The molecule has 2 aliphatic heterocycles. The SMILES string of the molecule is COc1ccc(CC2(N3CCOC(Cc4ccccc4)C3)CNCCN2)cc1. The maximum absolute atomic E-state index is 6.12. The molecule has 150 valence electrons. The van der Waals surface area contributed by atoms with E-state index in [4.69, 9.17) is 9.47 Å². The molecule has 2 N–H and O–H groups in total. The number of nitrogens with zero attached hydrogens (tertiary/aromatic N) is 1. The third kappa shape index (κ3) is 4.55. The first-order valence-electron chi connectivity index (χ1n) is 10.3. The quantitative estimate of drug-likeness (QED) is 0.802. The molecule has 4 rings (SSSR count). The van der Waals surface area contributed by atoms with E-state index in [1.807, 2.05) is 0 Å². The van der Waals surface area contributed by atoms with Crippen LogP contribution in [-0.4, -0.2) is 63.1 Å². The van der Waals surface area contributed by atoms with Gasteiger partial charge in [-0.15, -0.1) is 0 Å². The minimum Gasteiger partial charge on any atom is -0.497 e. The van der Waals surface area contributed by atoms with Gasteiger partial charge in [0.1, 0.15) is 5.75 Å². The van der Waals surface area contributed by atoms with Crippen LogP contribution < -0.4 is 15.4 Å². The number of benzene rings is 2. The Bertz CT molecular complexity index is 729. The van der Waals surface area contributed by atoms with Crippen molar-refractivity contribution in [1.29, 1.82) is 0 Å². The largest absolute Gasteiger partial charge is 0.497 e. The molecular weight excluding hydrogens is 350 g/mol. The first-order valence-corrected chi connectivity index (χ1v) is 10.3. The fraction of sp³-hybridized carbons (Fsp3) is 0.478. The summed E-state index contributed by atoms with van der Waals surface area (Å²) in [5, 5.41) is 7.45. The van der Waals surface area contributed by atoms with Crippen molar-refractivity contribution in [3.05, 3.63) is 65.7 Å². The van der Waals surface area contributed by atoms with Gasteiger partial charge in [0.05, 0.1) is 25.5 Å². The summed E-state index contributed by atoms with van der Waals surface area (Å²) in [5.41, 5.74) is 2.59. The van der Waals surface area contributed by atoms with Gasteiger partial charge in [-0.3, -0.25) is 10.2 Å². The van der Waals surface area contributed by atoms with Crippen LogP contribution in [0.25, 0.3) is 0 Å². The van der Waals surface area contributed by atoms with Crippen molar-refractivity contribution >= 4 is 0 Å². The van der Waals surface area contributed by atoms with E-state index in [0.29, 0.717) is 0 Å². The van der Waals surface area contributed by atoms with Crippen LogP contribution in [0.3, 0.4) is 0 Å². The molecule has 2 aromatic rings. The minimum absolute atomic E-state index is 0.0778. The van der Waals surface area contributed by atoms with E-state index in [0.717, 1.165) is 57.9 Å². The predicted octanol–water partition coefficient (Wildman–Crippen LogP) is 2.07. The molecule has 0 amide bonds. The van der Waals surface area contributed by atoms with Crippen molar-refractivity contribution in [1.82, 2.24) is 15.5 Å². The fourth-order valence-corrected chi connectivity index (χ4v) is 4.39. The Kier molecular flexibility index (Phi) is 6.27. The predicted molar refractivity (Wildman–Crippen MR) is 112 cm³/mol. The van der Waals surface area contributed by atoms with Gasteiger partial charge in [-0.25, -0.2) is 0 Å². The zero-order valence-electron chi connectivity index (χ0n) is 16.7. The molecule has 2 saturated heterocycles. The first kappa shape index (κ1) is 19.4. The molecule has 28 heavy (non-hydrogen) atoms. The van der Waals surface area contributed by atoms with Gasteiger partial charge >= 0.3 is 0 Å². The lowest BCUT2D eigenvalue weighted by atomic mass is 9.94. The standard InChI is InChI=1S/C23H31N3O2/c1-27-21-9-7-20(8-10-21)16-23(18-24-11-12-25-23)26-13-14-28-22(17-26)15-19-5-3-2-4-6-19/h2-10,22,24-25H,11-18H2,1H3. The van der Waals surface area contributed by atoms with Crippen molar-refractivity contribution in [3.63, 3.8) is 0 Å². The van der Waals surface area contributed by atoms with Crippen molar-refractivity contribution in [2.45, 2.75) is 24.6 Å². The van der Waals surface area contributed by atoms with Crippen LogP contribution in [0, 0.1) is 0 Å². The Morgan fingerprint density at radius 3 is 2.61 bits per heavy atom. The maximum Gasteiger partial charge on any atom is 0.118 e. The molecule has 0 spiro atoms. The van der Waals surface area contributed by atoms with Crippen molar-refractivity contribution in [3.8, 4) is 5.75 Å². The van der Waals surface area contributed by atoms with Gasteiger partial charge in [-0.1, -0.05) is 42.5 Å². The van der Waals surface area contributed by atoms with E-state index >= 15 is 0 Å². The second-order valence-electron chi connectivity index (χ2n) is 7.79. The summed E-state index contributed by atoms with van der Waals surface area (Å²) >= 11 is 0. The number of rotatable bonds is 6. The van der Waals surface area contributed by atoms with Crippen LogP contribution >= 0.6 is 0 Å². The van der Waals surface area contributed by atoms with E-state index in [9.17, 15) is 0 Å². The zero-order chi connectivity index (χ0) is 19.2. The fourth-order valence-electron chi connectivity index (χ4n) is 4.39. The molecule has 2 unspecified atom stereocenters. The molecule has 2 heterocycles. The number of nitrogens with one attached hydrogen (secondary N) is 2. The summed E-state index contributed by atoms with van der Waals surface area (Å²) in [6, 6.07) is 19.1. The van der Waals surface area contributed by atoms with Crippen LogP contribution in [0.1, 0.15) is 11.1 Å². The van der Waals surface area contributed by atoms with E-state index in [-0.39, 0.29) is 11.8 Å². The highest BCUT2D eigenvalue weighted by Gasteiger charge is 2.40. The highest BCUT2D eigenvalue weighted by molar-refractivity contribution is 5.28. The molecule has 0 aliphatic carbocycles. The lowest BCUT2D eigenvalue weighted by Crippen LogP contribution is -2.71. The van der Waals surface area contributed by atoms with Gasteiger partial charge in [0.2, 0.25) is 0 Å². The Balaban J connectivity index is 1.49. The number of morpholine rings is 1. The van der Waals surface area contributed by atoms with Gasteiger partial charge in [0.15, 0.2) is 0 Å². The van der Waals surface area contributed by atoms with Gasteiger partial charge < -0.3 is 14.8 Å². The zero-order valence-corrected chi connectivity index (χ0v) is 16.7. The topological polar surface area (TPSA) is 45.8 Å². The minimum atomic E-state index is -0.0778. The Hall–Kier alpha value is -1.92. The Morgan fingerprint density at radius 1 is 1.07 bits per heavy atom. The van der Waals surface area contributed by atoms with Crippen LogP contribution in [0.5, 0.6) is 5.75 Å². The molecule has 2 aliphatic rings. The first-order chi connectivity index (χ1) is 13.8. The van der Waals surface area contributed by atoms with Crippen LogP contribution in [0.4, 0.5) is 0 Å². The maximum atomic E-state index is 6.12. The average Bonchev–Trinajstić information content (AvgIpc) is 2.76. The summed E-state index contributed by atoms with van der Waals surface area (Å²) in [6.45, 7) is 5.62. The van der Waals surface area contributed by atoms with Gasteiger partial charge in [-0.05, 0) is 29.7 Å². The Morgan fingerprint density at radius 2 is 1.89 bits per heavy atom. The molecule has 2 atom stereocenters. The third-order valence-corrected chi connectivity index (χ3v) is 5.88. The molecular formula is C23H31N3O2. The smallest absolute Gasteiger partial charge is 0.118 e. The number of ether oxygens (including phenoxy) is 2. The van der Waals surface area contributed by atoms with E-state index < -0.39 is 0 Å². The summed E-state index contributed by atoms with van der Waals surface area (Å²) in [5.74, 6) is 0.904. The number of methoxy groups -OCH3 is 1. The normalized spacial score (nSPS) is 26.1. The lowest BCUT2D eigenvalue weighted by Gasteiger charge is -2.50. The Labute approximate surface area is 168 Å². The van der Waals surface area contributed by atoms with E-state index in [1.54, 1.807) is 7.11 Å². The molecule has 2 aromatic carbocycles. The highest BCUT2D eigenvalue weighted by atomic mass is 16.5. The van der Waals surface area contributed by atoms with Crippen molar-refractivity contribution in [2.24, 2.45) is 0 Å². The third-order valence-electron chi connectivity index (χ3n) is 5.88. The molecule has 0 aromatic heterocycles. The molecule has 5 nitrogen and oxygen atoms in total. The molecule has 0 bridgehead atoms. The summed E-state index contributed by atoms with van der Waals surface area (Å²) < 4.78 is 11.4. The van der Waals surface area contributed by atoms with Gasteiger partial charge in [0, 0.05) is 39.1 Å². The van der Waals surface area contributed by atoms with Crippen LogP contribution in [-0.2, 0) is 17.6 Å². The van der Waals surface area contributed by atoms with Crippen molar-refractivity contribution < 1.29 is 9.47 Å². The van der Waals surface area contributed by atoms with E-state index in [2.05, 4.69) is 70.1 Å². The second-order valence-corrected chi connectivity index (χ2v) is 7.79. The summed E-state index contributed by atoms with van der Waals surface area (Å²) in [4.78, 5) is 2.60. The molecule has 5 heteroatoms. The van der Waals surface area contributed by atoms with E-state index in [1.165, 1.54) is 11.1 Å². The monoisotopic (exact) mass is 381 g/mol. The van der Waals surface area contributed by atoms with Crippen LogP contribution in [0.15, 0.2) is 54.6 Å². The van der Waals surface area contributed by atoms with Crippen molar-refractivity contribution in [2.75, 3.05) is 46.4 Å². The number of piperazine rings is 1. The summed E-state index contributed by atoms with van der Waals surface area (Å²) in [6.07, 6.45) is 2.15. The van der Waals surface area contributed by atoms with Gasteiger partial charge in [-0.2, -0.15) is 0 Å². The van der Waals surface area contributed by atoms with Gasteiger partial charge in [0.25, 0.3) is 0 Å². The average molecular weight is 382 g/mol. The lowest BCUT2D eigenvalue weighted by molar-refractivity contribution is -0.0827. The molecule has 0 saturated carbocycles. The molecule has 2 fully saturated rings.